The third-order valence-corrected chi connectivity index (χ3v) is 3.84. The fraction of sp³-hybridized carbons (Fsp3) is 0.278. The average molecular weight is 327 g/mol. The molecule has 0 saturated heterocycles. The lowest BCUT2D eigenvalue weighted by atomic mass is 9.92. The number of amides is 2. The maximum atomic E-state index is 12.4. The van der Waals surface area contributed by atoms with Crippen LogP contribution in [0.15, 0.2) is 54.7 Å². The molecule has 0 bridgehead atoms. The first kappa shape index (κ1) is 17.6. The third-order valence-electron chi connectivity index (χ3n) is 3.84. The maximum absolute atomic E-state index is 12.4. The van der Waals surface area contributed by atoms with Crippen LogP contribution < -0.4 is 5.73 Å². The topological polar surface area (TPSA) is 96.5 Å². The molecule has 0 aliphatic rings. The normalized spacial score (nSPS) is 13.1. The van der Waals surface area contributed by atoms with Gasteiger partial charge >= 0.3 is 0 Å². The fourth-order valence-electron chi connectivity index (χ4n) is 2.47. The monoisotopic (exact) mass is 327 g/mol. The van der Waals surface area contributed by atoms with Crippen molar-refractivity contribution in [1.82, 2.24) is 9.88 Å². The maximum Gasteiger partial charge on any atom is 0.252 e. The van der Waals surface area contributed by atoms with Gasteiger partial charge in [-0.15, -0.1) is 0 Å². The van der Waals surface area contributed by atoms with Crippen molar-refractivity contribution in [3.8, 4) is 0 Å². The van der Waals surface area contributed by atoms with Gasteiger partial charge in [0, 0.05) is 31.9 Å². The molecule has 24 heavy (non-hydrogen) atoms. The van der Waals surface area contributed by atoms with Gasteiger partial charge in [-0.3, -0.25) is 14.6 Å². The van der Waals surface area contributed by atoms with Crippen molar-refractivity contribution in [2.24, 2.45) is 5.73 Å². The van der Waals surface area contributed by atoms with Crippen molar-refractivity contribution in [1.29, 1.82) is 0 Å². The molecule has 6 nitrogen and oxygen atoms in total. The minimum atomic E-state index is -1.52. The predicted molar refractivity (Wildman–Crippen MR) is 90.0 cm³/mol. The van der Waals surface area contributed by atoms with Crippen molar-refractivity contribution in [2.45, 2.75) is 18.4 Å². The van der Waals surface area contributed by atoms with Crippen molar-refractivity contribution in [3.63, 3.8) is 0 Å². The van der Waals surface area contributed by atoms with E-state index in [0.29, 0.717) is 18.5 Å². The van der Waals surface area contributed by atoms with Crippen molar-refractivity contribution < 1.29 is 14.7 Å². The highest BCUT2D eigenvalue weighted by Gasteiger charge is 2.33. The van der Waals surface area contributed by atoms with E-state index < -0.39 is 23.8 Å². The largest absolute Gasteiger partial charge is 0.382 e. The quantitative estimate of drug-likeness (QED) is 0.783. The average Bonchev–Trinajstić information content (AvgIpc) is 2.60. The van der Waals surface area contributed by atoms with Gasteiger partial charge in [0.2, 0.25) is 5.91 Å². The van der Waals surface area contributed by atoms with Crippen LogP contribution in [-0.4, -0.2) is 46.5 Å². The second-order valence-electron chi connectivity index (χ2n) is 5.57. The van der Waals surface area contributed by atoms with Gasteiger partial charge in [-0.2, -0.15) is 0 Å². The van der Waals surface area contributed by atoms with E-state index in [1.165, 1.54) is 4.90 Å². The zero-order valence-corrected chi connectivity index (χ0v) is 13.5. The Balaban J connectivity index is 2.04. The molecule has 0 aliphatic carbocycles. The molecule has 3 N–H and O–H groups in total. The summed E-state index contributed by atoms with van der Waals surface area (Å²) < 4.78 is 0. The van der Waals surface area contributed by atoms with Crippen molar-refractivity contribution >= 4 is 11.8 Å². The van der Waals surface area contributed by atoms with Crippen LogP contribution in [-0.2, 0) is 16.0 Å². The lowest BCUT2D eigenvalue weighted by Gasteiger charge is -2.25. The highest BCUT2D eigenvalue weighted by molar-refractivity contribution is 5.91. The molecule has 2 aromatic rings. The summed E-state index contributed by atoms with van der Waals surface area (Å²) in [5, 5.41) is 10.4. The van der Waals surface area contributed by atoms with Gasteiger partial charge in [0.25, 0.3) is 5.91 Å². The molecule has 1 heterocycles. The number of hydrogen-bond acceptors (Lipinski definition) is 4. The molecular formula is C18H21N3O3. The molecule has 0 spiro atoms. The first-order chi connectivity index (χ1) is 11.5. The van der Waals surface area contributed by atoms with Crippen LogP contribution >= 0.6 is 0 Å². The number of aliphatic hydroxyl groups is 1. The zero-order chi connectivity index (χ0) is 17.5. The summed E-state index contributed by atoms with van der Waals surface area (Å²) in [5.41, 5.74) is 6.76. The number of aromatic nitrogens is 1. The van der Waals surface area contributed by atoms with Gasteiger partial charge in [-0.05, 0) is 17.7 Å². The number of benzene rings is 1. The van der Waals surface area contributed by atoms with Gasteiger partial charge in [0.15, 0.2) is 0 Å². The summed E-state index contributed by atoms with van der Waals surface area (Å²) in [7, 11) is 1.58. The van der Waals surface area contributed by atoms with E-state index >= 15 is 0 Å². The Morgan fingerprint density at radius 2 is 1.83 bits per heavy atom. The Bertz CT molecular complexity index is 676. The van der Waals surface area contributed by atoms with E-state index in [2.05, 4.69) is 4.98 Å². The predicted octanol–water partition coefficient (Wildman–Crippen LogP) is 0.712. The number of nitrogens with two attached hydrogens (primary N) is 1. The summed E-state index contributed by atoms with van der Waals surface area (Å²) in [6.45, 7) is 0.382. The molecule has 2 atom stereocenters. The summed E-state index contributed by atoms with van der Waals surface area (Å²) in [6.07, 6.45) is 0.728. The first-order valence-corrected chi connectivity index (χ1v) is 7.68. The lowest BCUT2D eigenvalue weighted by Crippen LogP contribution is -2.44. The van der Waals surface area contributed by atoms with E-state index in [0.717, 1.165) is 5.69 Å². The molecule has 2 unspecified atom stereocenters. The minimum Gasteiger partial charge on any atom is -0.382 e. The minimum absolute atomic E-state index is 0.382. The summed E-state index contributed by atoms with van der Waals surface area (Å²) >= 11 is 0. The number of hydrogen-bond donors (Lipinski definition) is 2. The molecule has 2 rings (SSSR count). The van der Waals surface area contributed by atoms with Gasteiger partial charge in [-0.1, -0.05) is 36.4 Å². The Morgan fingerprint density at radius 1 is 1.17 bits per heavy atom. The van der Waals surface area contributed by atoms with Crippen LogP contribution in [0.5, 0.6) is 0 Å². The molecule has 0 aliphatic heterocycles. The molecule has 0 fully saturated rings. The number of carbonyl (C=O) groups is 2. The van der Waals surface area contributed by atoms with Gasteiger partial charge in [0.05, 0.1) is 5.92 Å². The van der Waals surface area contributed by atoms with Crippen molar-refractivity contribution in [3.05, 3.63) is 66.0 Å². The smallest absolute Gasteiger partial charge is 0.252 e. The van der Waals surface area contributed by atoms with Gasteiger partial charge < -0.3 is 15.7 Å². The van der Waals surface area contributed by atoms with Crippen LogP contribution in [0, 0.1) is 0 Å². The molecule has 1 aromatic carbocycles. The van der Waals surface area contributed by atoms with E-state index in [9.17, 15) is 14.7 Å². The molecule has 126 valence electrons. The SMILES string of the molecule is CN(CCc1ccccn1)C(=O)C(O)C(C(N)=O)c1ccccc1. The zero-order valence-electron chi connectivity index (χ0n) is 13.5. The van der Waals surface area contributed by atoms with Crippen LogP contribution in [0.25, 0.3) is 0 Å². The first-order valence-electron chi connectivity index (χ1n) is 7.68. The second-order valence-corrected chi connectivity index (χ2v) is 5.57. The number of carbonyl (C=O) groups excluding carboxylic acids is 2. The Kier molecular flexibility index (Phi) is 6.03. The summed E-state index contributed by atoms with van der Waals surface area (Å²) in [5.74, 6) is -2.35. The number of nitrogens with zero attached hydrogens (tertiary/aromatic N) is 2. The number of likely N-dealkylation sites (N-methyl/N-ethyl adjacent to an activating group) is 1. The van der Waals surface area contributed by atoms with Crippen molar-refractivity contribution in [2.75, 3.05) is 13.6 Å². The highest BCUT2D eigenvalue weighted by Crippen LogP contribution is 2.20. The van der Waals surface area contributed by atoms with Crippen LogP contribution in [0.4, 0.5) is 0 Å². The molecule has 2 amide bonds. The van der Waals surface area contributed by atoms with E-state index in [1.807, 2.05) is 18.2 Å². The molecule has 1 aromatic heterocycles. The number of aliphatic hydroxyl groups excluding tert-OH is 1. The van der Waals surface area contributed by atoms with Gasteiger partial charge in [0.1, 0.15) is 6.10 Å². The Hall–Kier alpha value is -2.73. The lowest BCUT2D eigenvalue weighted by molar-refractivity contribution is -0.143. The highest BCUT2D eigenvalue weighted by atomic mass is 16.3. The summed E-state index contributed by atoms with van der Waals surface area (Å²) in [4.78, 5) is 29.7. The Morgan fingerprint density at radius 3 is 2.42 bits per heavy atom. The van der Waals surface area contributed by atoms with Crippen LogP contribution in [0.2, 0.25) is 0 Å². The Labute approximate surface area is 140 Å². The van der Waals surface area contributed by atoms with Gasteiger partial charge in [-0.25, -0.2) is 0 Å². The molecule has 6 heteroatoms. The molecular weight excluding hydrogens is 306 g/mol. The van der Waals surface area contributed by atoms with Crippen LogP contribution in [0.1, 0.15) is 17.2 Å². The molecule has 0 radical (unpaired) electrons. The fourth-order valence-corrected chi connectivity index (χ4v) is 2.47. The number of pyridine rings is 1. The van der Waals surface area contributed by atoms with E-state index in [4.69, 9.17) is 5.73 Å². The number of rotatable bonds is 7. The van der Waals surface area contributed by atoms with Crippen LogP contribution in [0.3, 0.4) is 0 Å². The summed E-state index contributed by atoms with van der Waals surface area (Å²) in [6, 6.07) is 14.1. The van der Waals surface area contributed by atoms with E-state index in [1.54, 1.807) is 43.6 Å². The second kappa shape index (κ2) is 8.21. The third kappa shape index (κ3) is 4.39. The molecule has 0 saturated carbocycles. The van der Waals surface area contributed by atoms with E-state index in [-0.39, 0.29) is 0 Å². The number of primary amides is 1. The standard InChI is InChI=1S/C18H21N3O3/c1-21(12-10-14-9-5-6-11-20-14)18(24)16(22)15(17(19)23)13-7-3-2-4-8-13/h2-9,11,15-16,22H,10,12H2,1H3,(H2,19,23).